The molecule has 20 heavy (non-hydrogen) atoms. The molecule has 0 saturated heterocycles. The first-order chi connectivity index (χ1) is 9.54. The highest BCUT2D eigenvalue weighted by Crippen LogP contribution is 2.41. The van der Waals surface area contributed by atoms with Crippen molar-refractivity contribution in [2.75, 3.05) is 13.2 Å². The maximum atomic E-state index is 13.1. The van der Waals surface area contributed by atoms with Gasteiger partial charge >= 0.3 is 6.09 Å². The van der Waals surface area contributed by atoms with Gasteiger partial charge in [-0.1, -0.05) is 6.42 Å². The van der Waals surface area contributed by atoms with Crippen LogP contribution in [0.1, 0.15) is 24.8 Å². The molecule has 2 N–H and O–H groups in total. The van der Waals surface area contributed by atoms with E-state index >= 15 is 0 Å². The normalized spacial score (nSPS) is 16.3. The fraction of sp³-hybridized carbons (Fsp3) is 0.500. The number of primary amides is 1. The summed E-state index contributed by atoms with van der Waals surface area (Å²) in [6.07, 6.45) is 2.12. The Labute approximate surface area is 122 Å². The van der Waals surface area contributed by atoms with Crippen LogP contribution in [0.5, 0.6) is 5.75 Å². The van der Waals surface area contributed by atoms with Crippen LogP contribution in [0.15, 0.2) is 18.2 Å². The minimum Gasteiger partial charge on any atom is -0.493 e. The predicted molar refractivity (Wildman–Crippen MR) is 73.3 cm³/mol. The van der Waals surface area contributed by atoms with Gasteiger partial charge in [0.25, 0.3) is 0 Å². The van der Waals surface area contributed by atoms with E-state index in [1.54, 1.807) is 6.07 Å². The molecule has 1 fully saturated rings. The van der Waals surface area contributed by atoms with Gasteiger partial charge in [0.2, 0.25) is 0 Å². The highest BCUT2D eigenvalue weighted by Gasteiger charge is 2.39. The molecule has 1 aliphatic rings. The molecule has 1 amide bonds. The molecule has 1 aliphatic carbocycles. The van der Waals surface area contributed by atoms with Gasteiger partial charge in [-0.15, -0.1) is 11.6 Å². The third-order valence-corrected chi connectivity index (χ3v) is 3.92. The molecule has 0 aliphatic heterocycles. The van der Waals surface area contributed by atoms with Crippen molar-refractivity contribution in [2.45, 2.75) is 25.1 Å². The molecular weight excluding hydrogens is 285 g/mol. The molecule has 110 valence electrons. The minimum atomic E-state index is -0.778. The first-order valence-corrected chi connectivity index (χ1v) is 6.97. The Morgan fingerprint density at radius 1 is 1.40 bits per heavy atom. The second kappa shape index (κ2) is 6.31. The van der Waals surface area contributed by atoms with Gasteiger partial charge in [0.15, 0.2) is 0 Å². The van der Waals surface area contributed by atoms with Crippen LogP contribution in [0.3, 0.4) is 0 Å². The van der Waals surface area contributed by atoms with Crippen LogP contribution in [0.4, 0.5) is 9.18 Å². The maximum Gasteiger partial charge on any atom is 0.404 e. The van der Waals surface area contributed by atoms with Gasteiger partial charge in [0.1, 0.15) is 18.2 Å². The number of hydrogen-bond acceptors (Lipinski definition) is 3. The average Bonchev–Trinajstić information content (AvgIpc) is 2.38. The number of carbonyl (C=O) groups is 1. The fourth-order valence-corrected chi connectivity index (χ4v) is 2.46. The zero-order chi connectivity index (χ0) is 14.6. The van der Waals surface area contributed by atoms with E-state index in [2.05, 4.69) is 0 Å². The number of halogens is 2. The van der Waals surface area contributed by atoms with E-state index in [0.717, 1.165) is 19.3 Å². The summed E-state index contributed by atoms with van der Waals surface area (Å²) in [7, 11) is 0. The summed E-state index contributed by atoms with van der Waals surface area (Å²) in [4.78, 5) is 10.7. The Balaban J connectivity index is 1.98. The van der Waals surface area contributed by atoms with Crippen molar-refractivity contribution in [1.82, 2.24) is 0 Å². The fourth-order valence-electron chi connectivity index (χ4n) is 2.26. The van der Waals surface area contributed by atoms with Crippen LogP contribution in [-0.4, -0.2) is 19.3 Å². The Morgan fingerprint density at radius 2 is 2.15 bits per heavy atom. The first-order valence-electron chi connectivity index (χ1n) is 6.44. The van der Waals surface area contributed by atoms with E-state index in [0.29, 0.717) is 17.9 Å². The highest BCUT2D eigenvalue weighted by atomic mass is 35.5. The van der Waals surface area contributed by atoms with Gasteiger partial charge in [-0.05, 0) is 31.0 Å². The average molecular weight is 302 g/mol. The van der Waals surface area contributed by atoms with E-state index < -0.39 is 6.09 Å². The molecule has 6 heteroatoms. The molecular formula is C14H17ClFNO3. The van der Waals surface area contributed by atoms with E-state index in [1.807, 2.05) is 0 Å². The van der Waals surface area contributed by atoms with Gasteiger partial charge in [-0.25, -0.2) is 9.18 Å². The van der Waals surface area contributed by atoms with Crippen molar-refractivity contribution in [2.24, 2.45) is 11.1 Å². The number of rotatable bonds is 6. The Morgan fingerprint density at radius 3 is 2.70 bits per heavy atom. The molecule has 0 heterocycles. The number of ether oxygens (including phenoxy) is 2. The number of alkyl halides is 1. The first kappa shape index (κ1) is 14.9. The van der Waals surface area contributed by atoms with Crippen molar-refractivity contribution >= 4 is 17.7 Å². The van der Waals surface area contributed by atoms with E-state index in [4.69, 9.17) is 26.8 Å². The number of benzene rings is 1. The number of hydrogen-bond donors (Lipinski definition) is 1. The zero-order valence-electron chi connectivity index (χ0n) is 11.0. The zero-order valence-corrected chi connectivity index (χ0v) is 11.8. The highest BCUT2D eigenvalue weighted by molar-refractivity contribution is 6.17. The molecule has 4 nitrogen and oxygen atoms in total. The summed E-state index contributed by atoms with van der Waals surface area (Å²) in [6.45, 7) is 0.648. The quantitative estimate of drug-likeness (QED) is 0.821. The summed E-state index contributed by atoms with van der Waals surface area (Å²) in [5.41, 5.74) is 5.41. The molecule has 0 spiro atoms. The van der Waals surface area contributed by atoms with Crippen molar-refractivity contribution in [3.05, 3.63) is 29.6 Å². The summed E-state index contributed by atoms with van der Waals surface area (Å²) in [6, 6.07) is 4.25. The number of carbonyl (C=O) groups excluding carboxylic acids is 1. The van der Waals surface area contributed by atoms with Crippen molar-refractivity contribution in [1.29, 1.82) is 0 Å². The molecule has 2 rings (SSSR count). The van der Waals surface area contributed by atoms with Crippen molar-refractivity contribution in [3.63, 3.8) is 0 Å². The Hall–Kier alpha value is -1.49. The van der Waals surface area contributed by atoms with E-state index in [1.165, 1.54) is 12.1 Å². The van der Waals surface area contributed by atoms with Crippen LogP contribution in [0.2, 0.25) is 0 Å². The Bertz CT molecular complexity index is 491. The molecule has 0 bridgehead atoms. The lowest BCUT2D eigenvalue weighted by molar-refractivity contribution is -0.00695. The largest absolute Gasteiger partial charge is 0.493 e. The predicted octanol–water partition coefficient (Wildman–Crippen LogP) is 3.21. The van der Waals surface area contributed by atoms with Gasteiger partial charge in [-0.3, -0.25) is 0 Å². The topological polar surface area (TPSA) is 61.6 Å². The van der Waals surface area contributed by atoms with Crippen LogP contribution >= 0.6 is 11.6 Å². The standard InChI is InChI=1S/C14H17ClFNO3/c15-7-10-6-11(16)2-3-12(10)19-8-14(4-1-5-14)9-20-13(17)18/h2-3,6H,1,4-5,7-9H2,(H2,17,18). The van der Waals surface area contributed by atoms with Crippen molar-refractivity contribution in [3.8, 4) is 5.75 Å². The third kappa shape index (κ3) is 3.54. The smallest absolute Gasteiger partial charge is 0.404 e. The van der Waals surface area contributed by atoms with Gasteiger partial charge < -0.3 is 15.2 Å². The molecule has 0 radical (unpaired) electrons. The minimum absolute atomic E-state index is 0.178. The Kier molecular flexibility index (Phi) is 4.70. The molecule has 1 saturated carbocycles. The van der Waals surface area contributed by atoms with Crippen LogP contribution in [0.25, 0.3) is 0 Å². The van der Waals surface area contributed by atoms with Crippen LogP contribution in [0, 0.1) is 11.2 Å². The summed E-state index contributed by atoms with van der Waals surface area (Å²) in [5.74, 6) is 0.396. The maximum absolute atomic E-state index is 13.1. The SMILES string of the molecule is NC(=O)OCC1(COc2ccc(F)cc2CCl)CCC1. The lowest BCUT2D eigenvalue weighted by atomic mass is 9.70. The summed E-state index contributed by atoms with van der Waals surface area (Å²) < 4.78 is 23.7. The van der Waals surface area contributed by atoms with Gasteiger partial charge in [0, 0.05) is 11.0 Å². The number of amides is 1. The van der Waals surface area contributed by atoms with E-state index in [-0.39, 0.29) is 23.7 Å². The lowest BCUT2D eigenvalue weighted by Gasteiger charge is -2.40. The van der Waals surface area contributed by atoms with Gasteiger partial charge in [0.05, 0.1) is 12.5 Å². The molecule has 0 unspecified atom stereocenters. The number of nitrogens with two attached hydrogens (primary N) is 1. The summed E-state index contributed by atoms with van der Waals surface area (Å²) in [5, 5.41) is 0. The second-order valence-electron chi connectivity index (χ2n) is 5.14. The second-order valence-corrected chi connectivity index (χ2v) is 5.40. The van der Waals surface area contributed by atoms with Crippen molar-refractivity contribution < 1.29 is 18.7 Å². The van der Waals surface area contributed by atoms with E-state index in [9.17, 15) is 9.18 Å². The molecule has 1 aromatic rings. The van der Waals surface area contributed by atoms with Gasteiger partial charge in [-0.2, -0.15) is 0 Å². The monoisotopic (exact) mass is 301 g/mol. The van der Waals surface area contributed by atoms with Crippen LogP contribution in [-0.2, 0) is 10.6 Å². The lowest BCUT2D eigenvalue weighted by Crippen LogP contribution is -2.41. The molecule has 0 aromatic heterocycles. The van der Waals surface area contributed by atoms with Crippen LogP contribution < -0.4 is 10.5 Å². The third-order valence-electron chi connectivity index (χ3n) is 3.64. The summed E-state index contributed by atoms with van der Waals surface area (Å²) >= 11 is 5.77. The molecule has 0 atom stereocenters. The molecule has 1 aromatic carbocycles.